The predicted molar refractivity (Wildman–Crippen MR) is 83.6 cm³/mol. The highest BCUT2D eigenvalue weighted by atomic mass is 32.1. The number of aryl methyl sites for hydroxylation is 1. The average molecular weight is 292 g/mol. The molecule has 0 bridgehead atoms. The van der Waals surface area contributed by atoms with Gasteiger partial charge < -0.3 is 4.90 Å². The van der Waals surface area contributed by atoms with E-state index in [1.165, 1.54) is 24.3 Å². The van der Waals surface area contributed by atoms with Crippen LogP contribution in [0.15, 0.2) is 12.1 Å². The summed E-state index contributed by atoms with van der Waals surface area (Å²) < 4.78 is 0. The summed E-state index contributed by atoms with van der Waals surface area (Å²) >= 11 is 1.66. The van der Waals surface area contributed by atoms with Gasteiger partial charge in [-0.1, -0.05) is 6.92 Å². The maximum Gasteiger partial charge on any atom is 0.186 e. The van der Waals surface area contributed by atoms with Gasteiger partial charge in [-0.2, -0.15) is 0 Å². The van der Waals surface area contributed by atoms with Crippen molar-refractivity contribution >= 4 is 17.1 Å². The van der Waals surface area contributed by atoms with Gasteiger partial charge in [0.1, 0.15) is 0 Å². The maximum absolute atomic E-state index is 12.3. The number of rotatable bonds is 6. The molecular weight excluding hydrogens is 268 g/mol. The normalized spacial score (nSPS) is 21.2. The van der Waals surface area contributed by atoms with Crippen molar-refractivity contribution in [2.24, 2.45) is 5.92 Å². The Morgan fingerprint density at radius 3 is 2.50 bits per heavy atom. The molecule has 0 N–H and O–H groups in total. The molecule has 0 aromatic carbocycles. The van der Waals surface area contributed by atoms with Gasteiger partial charge in [-0.3, -0.25) is 9.69 Å². The summed E-state index contributed by atoms with van der Waals surface area (Å²) in [6.45, 7) is 8.38. The maximum atomic E-state index is 12.3. The molecule has 2 aliphatic rings. The second kappa shape index (κ2) is 6.37. The fraction of sp³-hybridized carbons (Fsp3) is 0.688. The Morgan fingerprint density at radius 2 is 1.90 bits per heavy atom. The molecule has 1 aliphatic heterocycles. The number of ketones is 1. The number of Topliss-reactive ketones (excluding diaryl/α,β-unsaturated/α-hetero) is 1. The Balaban J connectivity index is 1.45. The molecule has 1 aliphatic carbocycles. The van der Waals surface area contributed by atoms with E-state index >= 15 is 0 Å². The zero-order valence-corrected chi connectivity index (χ0v) is 13.1. The van der Waals surface area contributed by atoms with Crippen molar-refractivity contribution in [3.63, 3.8) is 0 Å². The van der Waals surface area contributed by atoms with Crippen molar-refractivity contribution < 1.29 is 4.79 Å². The quantitative estimate of drug-likeness (QED) is 0.753. The van der Waals surface area contributed by atoms with E-state index in [2.05, 4.69) is 22.8 Å². The van der Waals surface area contributed by atoms with E-state index in [0.717, 1.165) is 43.4 Å². The third kappa shape index (κ3) is 3.68. The molecule has 1 aromatic rings. The standard InChI is InChI=1S/C16H24N2OS/c1-2-14-5-6-16(20-14)15(19)12-18-9-7-17(8-10-18)11-13-3-4-13/h5-6,13H,2-4,7-12H2,1H3. The van der Waals surface area contributed by atoms with Gasteiger partial charge in [0.25, 0.3) is 0 Å². The van der Waals surface area contributed by atoms with Crippen LogP contribution < -0.4 is 0 Å². The van der Waals surface area contributed by atoms with Gasteiger partial charge >= 0.3 is 0 Å². The zero-order valence-electron chi connectivity index (χ0n) is 12.3. The third-order valence-electron chi connectivity index (χ3n) is 4.33. The second-order valence-electron chi connectivity index (χ2n) is 6.06. The van der Waals surface area contributed by atoms with E-state index in [4.69, 9.17) is 0 Å². The summed E-state index contributed by atoms with van der Waals surface area (Å²) in [7, 11) is 0. The van der Waals surface area contributed by atoms with Crippen LogP contribution in [0, 0.1) is 5.92 Å². The minimum Gasteiger partial charge on any atom is -0.301 e. The molecule has 20 heavy (non-hydrogen) atoms. The first-order chi connectivity index (χ1) is 9.74. The van der Waals surface area contributed by atoms with E-state index in [9.17, 15) is 4.79 Å². The number of hydrogen-bond donors (Lipinski definition) is 0. The first-order valence-corrected chi connectivity index (χ1v) is 8.63. The summed E-state index contributed by atoms with van der Waals surface area (Å²) in [5, 5.41) is 0. The van der Waals surface area contributed by atoms with E-state index in [0.29, 0.717) is 12.3 Å². The predicted octanol–water partition coefficient (Wildman–Crippen LogP) is 2.52. The molecule has 110 valence electrons. The molecule has 1 saturated carbocycles. The highest BCUT2D eigenvalue weighted by Crippen LogP contribution is 2.29. The topological polar surface area (TPSA) is 23.6 Å². The molecule has 4 heteroatoms. The monoisotopic (exact) mass is 292 g/mol. The minimum absolute atomic E-state index is 0.297. The molecule has 0 spiro atoms. The largest absolute Gasteiger partial charge is 0.301 e. The van der Waals surface area contributed by atoms with E-state index in [1.807, 2.05) is 6.07 Å². The van der Waals surface area contributed by atoms with Crippen LogP contribution in [0.25, 0.3) is 0 Å². The first kappa shape index (κ1) is 14.2. The summed E-state index contributed by atoms with van der Waals surface area (Å²) in [5.41, 5.74) is 0. The summed E-state index contributed by atoms with van der Waals surface area (Å²) in [6.07, 6.45) is 3.88. The SMILES string of the molecule is CCc1ccc(C(=O)CN2CCN(CC3CC3)CC2)s1. The lowest BCUT2D eigenvalue weighted by Gasteiger charge is -2.34. The van der Waals surface area contributed by atoms with E-state index in [1.54, 1.807) is 11.3 Å². The summed E-state index contributed by atoms with van der Waals surface area (Å²) in [6, 6.07) is 4.08. The number of nitrogens with zero attached hydrogens (tertiary/aromatic N) is 2. The molecule has 1 aromatic heterocycles. The lowest BCUT2D eigenvalue weighted by molar-refractivity contribution is 0.0851. The van der Waals surface area contributed by atoms with Crippen LogP contribution >= 0.6 is 11.3 Å². The Morgan fingerprint density at radius 1 is 1.20 bits per heavy atom. The number of piperazine rings is 1. The summed E-state index contributed by atoms with van der Waals surface area (Å²) in [5.74, 6) is 1.27. The van der Waals surface area contributed by atoms with Gasteiger partial charge in [0.2, 0.25) is 0 Å². The highest BCUT2D eigenvalue weighted by molar-refractivity contribution is 7.14. The Kier molecular flexibility index (Phi) is 4.54. The number of carbonyl (C=O) groups excluding carboxylic acids is 1. The Hall–Kier alpha value is -0.710. The van der Waals surface area contributed by atoms with Crippen LogP contribution in [0.3, 0.4) is 0 Å². The van der Waals surface area contributed by atoms with Gasteiger partial charge in [-0.25, -0.2) is 0 Å². The van der Waals surface area contributed by atoms with Gasteiger partial charge in [0.05, 0.1) is 11.4 Å². The fourth-order valence-electron chi connectivity index (χ4n) is 2.79. The highest BCUT2D eigenvalue weighted by Gasteiger charge is 2.26. The number of thiophene rings is 1. The molecule has 2 fully saturated rings. The average Bonchev–Trinajstić information content (AvgIpc) is 3.14. The zero-order chi connectivity index (χ0) is 13.9. The van der Waals surface area contributed by atoms with Gasteiger partial charge in [-0.15, -0.1) is 11.3 Å². The summed E-state index contributed by atoms with van der Waals surface area (Å²) in [4.78, 5) is 19.4. The van der Waals surface area contributed by atoms with Crippen molar-refractivity contribution in [2.45, 2.75) is 26.2 Å². The van der Waals surface area contributed by atoms with E-state index < -0.39 is 0 Å². The van der Waals surface area contributed by atoms with Crippen molar-refractivity contribution in [1.29, 1.82) is 0 Å². The lowest BCUT2D eigenvalue weighted by Crippen LogP contribution is -2.48. The third-order valence-corrected chi connectivity index (χ3v) is 5.60. The number of hydrogen-bond acceptors (Lipinski definition) is 4. The molecule has 1 saturated heterocycles. The van der Waals surface area contributed by atoms with Gasteiger partial charge in [0.15, 0.2) is 5.78 Å². The first-order valence-electron chi connectivity index (χ1n) is 7.81. The van der Waals surface area contributed by atoms with Crippen LogP contribution in [0.1, 0.15) is 34.3 Å². The molecule has 0 unspecified atom stereocenters. The fourth-order valence-corrected chi connectivity index (χ4v) is 3.67. The molecular formula is C16H24N2OS. The van der Waals surface area contributed by atoms with Crippen LogP contribution in [0.5, 0.6) is 0 Å². The smallest absolute Gasteiger partial charge is 0.186 e. The molecule has 2 heterocycles. The van der Waals surface area contributed by atoms with Crippen LogP contribution in [0.2, 0.25) is 0 Å². The van der Waals surface area contributed by atoms with Crippen molar-refractivity contribution in [1.82, 2.24) is 9.80 Å². The minimum atomic E-state index is 0.297. The van der Waals surface area contributed by atoms with Crippen molar-refractivity contribution in [2.75, 3.05) is 39.3 Å². The molecule has 0 atom stereocenters. The Labute approximate surface area is 125 Å². The Bertz CT molecular complexity index is 459. The van der Waals surface area contributed by atoms with Crippen LogP contribution in [-0.2, 0) is 6.42 Å². The van der Waals surface area contributed by atoms with Crippen molar-refractivity contribution in [3.8, 4) is 0 Å². The van der Waals surface area contributed by atoms with Crippen molar-refractivity contribution in [3.05, 3.63) is 21.9 Å². The van der Waals surface area contributed by atoms with Gasteiger partial charge in [-0.05, 0) is 37.3 Å². The van der Waals surface area contributed by atoms with Crippen LogP contribution in [-0.4, -0.2) is 54.9 Å². The molecule has 3 nitrogen and oxygen atoms in total. The van der Waals surface area contributed by atoms with Gasteiger partial charge in [0, 0.05) is 37.6 Å². The number of carbonyl (C=O) groups is 1. The molecule has 0 amide bonds. The van der Waals surface area contributed by atoms with E-state index in [-0.39, 0.29) is 0 Å². The molecule has 3 rings (SSSR count). The second-order valence-corrected chi connectivity index (χ2v) is 7.23. The molecule has 0 radical (unpaired) electrons. The van der Waals surface area contributed by atoms with Crippen LogP contribution in [0.4, 0.5) is 0 Å². The lowest BCUT2D eigenvalue weighted by atomic mass is 10.2.